The van der Waals surface area contributed by atoms with Gasteiger partial charge in [0.05, 0.1) is 23.5 Å². The maximum atomic E-state index is 11.9. The number of halogens is 1. The Bertz CT molecular complexity index is 632. The molecule has 104 valence electrons. The average Bonchev–Trinajstić information content (AvgIpc) is 2.42. The van der Waals surface area contributed by atoms with Crippen LogP contribution >= 0.6 is 11.6 Å². The quantitative estimate of drug-likeness (QED) is 0.755. The molecular formula is C14H13ClN2O3. The number of hydrogen-bond donors (Lipinski definition) is 3. The normalized spacial score (nSPS) is 9.90. The molecule has 6 heteroatoms. The van der Waals surface area contributed by atoms with E-state index in [0.717, 1.165) is 0 Å². The Labute approximate surface area is 121 Å². The molecule has 5 nitrogen and oxygen atoms in total. The maximum Gasteiger partial charge on any atom is 0.323 e. The van der Waals surface area contributed by atoms with Crippen molar-refractivity contribution in [3.8, 4) is 11.5 Å². The Balaban J connectivity index is 2.09. The molecule has 2 amide bonds. The Kier molecular flexibility index (Phi) is 4.32. The van der Waals surface area contributed by atoms with Gasteiger partial charge in [-0.15, -0.1) is 0 Å². The first-order valence-corrected chi connectivity index (χ1v) is 6.17. The van der Waals surface area contributed by atoms with Gasteiger partial charge in [-0.25, -0.2) is 4.79 Å². The van der Waals surface area contributed by atoms with Crippen molar-refractivity contribution in [3.05, 3.63) is 47.5 Å². The molecule has 0 heterocycles. The lowest BCUT2D eigenvalue weighted by atomic mass is 10.3. The van der Waals surface area contributed by atoms with Crippen LogP contribution in [0.1, 0.15) is 0 Å². The lowest BCUT2D eigenvalue weighted by molar-refractivity contribution is 0.262. The van der Waals surface area contributed by atoms with Gasteiger partial charge in [-0.2, -0.15) is 0 Å². The van der Waals surface area contributed by atoms with Crippen molar-refractivity contribution in [2.75, 3.05) is 17.7 Å². The summed E-state index contributed by atoms with van der Waals surface area (Å²) < 4.78 is 5.13. The van der Waals surface area contributed by atoms with Crippen LogP contribution in [-0.2, 0) is 0 Å². The topological polar surface area (TPSA) is 70.6 Å². The van der Waals surface area contributed by atoms with Gasteiger partial charge in [0.2, 0.25) is 0 Å². The van der Waals surface area contributed by atoms with Gasteiger partial charge in [0.25, 0.3) is 0 Å². The van der Waals surface area contributed by atoms with Crippen molar-refractivity contribution in [2.24, 2.45) is 0 Å². The van der Waals surface area contributed by atoms with E-state index in [0.29, 0.717) is 17.1 Å². The molecule has 0 radical (unpaired) electrons. The second-order valence-corrected chi connectivity index (χ2v) is 4.35. The fraction of sp³-hybridized carbons (Fsp3) is 0.0714. The van der Waals surface area contributed by atoms with E-state index in [2.05, 4.69) is 10.6 Å². The summed E-state index contributed by atoms with van der Waals surface area (Å²) in [6.45, 7) is 0. The number of carbonyl (C=O) groups excluding carboxylic acids is 1. The molecule has 0 aromatic heterocycles. The van der Waals surface area contributed by atoms with Crippen LogP contribution in [-0.4, -0.2) is 18.2 Å². The van der Waals surface area contributed by atoms with Gasteiger partial charge in [0.1, 0.15) is 11.5 Å². The number of phenolic OH excluding ortho intramolecular Hbond substituents is 1. The van der Waals surface area contributed by atoms with Crippen LogP contribution in [0.25, 0.3) is 0 Å². The number of anilines is 2. The number of phenols is 1. The van der Waals surface area contributed by atoms with Gasteiger partial charge in [0, 0.05) is 6.07 Å². The minimum absolute atomic E-state index is 0.0330. The monoisotopic (exact) mass is 292 g/mol. The number of amides is 2. The van der Waals surface area contributed by atoms with Gasteiger partial charge in [-0.05, 0) is 24.3 Å². The van der Waals surface area contributed by atoms with Crippen LogP contribution in [0, 0.1) is 0 Å². The summed E-state index contributed by atoms with van der Waals surface area (Å²) in [7, 11) is 1.52. The number of para-hydroxylation sites is 2. The summed E-state index contributed by atoms with van der Waals surface area (Å²) in [4.78, 5) is 11.9. The van der Waals surface area contributed by atoms with Crippen molar-refractivity contribution < 1.29 is 14.6 Å². The molecule has 0 saturated heterocycles. The van der Waals surface area contributed by atoms with Crippen LogP contribution < -0.4 is 15.4 Å². The van der Waals surface area contributed by atoms with Gasteiger partial charge < -0.3 is 20.5 Å². The summed E-state index contributed by atoms with van der Waals surface area (Å²) in [5.41, 5.74) is 0.944. The molecule has 2 aromatic rings. The van der Waals surface area contributed by atoms with Crippen molar-refractivity contribution in [3.63, 3.8) is 0 Å². The van der Waals surface area contributed by atoms with E-state index in [1.165, 1.54) is 25.3 Å². The molecule has 0 saturated carbocycles. The maximum absolute atomic E-state index is 11.9. The third-order valence-corrected chi connectivity index (χ3v) is 2.87. The second kappa shape index (κ2) is 6.16. The fourth-order valence-electron chi connectivity index (χ4n) is 1.63. The van der Waals surface area contributed by atoms with E-state index in [1.54, 1.807) is 24.3 Å². The molecule has 0 spiro atoms. The minimum atomic E-state index is -0.456. The van der Waals surface area contributed by atoms with Crippen LogP contribution in [0.4, 0.5) is 16.2 Å². The molecular weight excluding hydrogens is 280 g/mol. The number of urea groups is 1. The van der Waals surface area contributed by atoms with Crippen molar-refractivity contribution in [2.45, 2.75) is 0 Å². The van der Waals surface area contributed by atoms with Crippen LogP contribution in [0.3, 0.4) is 0 Å². The number of nitrogens with one attached hydrogen (secondary N) is 2. The molecule has 2 rings (SSSR count). The molecule has 0 fully saturated rings. The first-order chi connectivity index (χ1) is 9.60. The second-order valence-electron chi connectivity index (χ2n) is 3.94. The predicted molar refractivity (Wildman–Crippen MR) is 78.8 cm³/mol. The lowest BCUT2D eigenvalue weighted by Gasteiger charge is -2.11. The highest BCUT2D eigenvalue weighted by Crippen LogP contribution is 2.27. The summed E-state index contributed by atoms with van der Waals surface area (Å²) in [6.07, 6.45) is 0. The Morgan fingerprint density at radius 1 is 1.15 bits per heavy atom. The highest BCUT2D eigenvalue weighted by Gasteiger charge is 2.09. The first-order valence-electron chi connectivity index (χ1n) is 5.79. The zero-order valence-electron chi connectivity index (χ0n) is 10.7. The number of hydrogen-bond acceptors (Lipinski definition) is 3. The molecule has 0 aliphatic carbocycles. The number of carbonyl (C=O) groups is 1. The highest BCUT2D eigenvalue weighted by molar-refractivity contribution is 6.34. The number of rotatable bonds is 3. The summed E-state index contributed by atoms with van der Waals surface area (Å²) in [5.74, 6) is 0.588. The number of aromatic hydroxyl groups is 1. The Morgan fingerprint density at radius 2 is 1.85 bits per heavy atom. The zero-order valence-corrected chi connectivity index (χ0v) is 11.4. The molecule has 0 aliphatic rings. The molecule has 2 aromatic carbocycles. The zero-order chi connectivity index (χ0) is 14.5. The molecule has 3 N–H and O–H groups in total. The summed E-state index contributed by atoms with van der Waals surface area (Å²) in [5, 5.41) is 14.7. The molecule has 0 bridgehead atoms. The Hall–Kier alpha value is -2.40. The number of ether oxygens (including phenoxy) is 1. The number of benzene rings is 2. The molecule has 20 heavy (non-hydrogen) atoms. The van der Waals surface area contributed by atoms with E-state index in [4.69, 9.17) is 16.3 Å². The van der Waals surface area contributed by atoms with Crippen LogP contribution in [0.5, 0.6) is 11.5 Å². The third-order valence-electron chi connectivity index (χ3n) is 2.56. The minimum Gasteiger partial charge on any atom is -0.508 e. The standard InChI is InChI=1S/C14H13ClN2O3/c1-20-13-5-3-2-4-12(13)17-14(19)16-11-7-6-9(18)8-10(11)15/h2-8,18H,1H3,(H2,16,17,19). The van der Waals surface area contributed by atoms with Crippen LogP contribution in [0.15, 0.2) is 42.5 Å². The van der Waals surface area contributed by atoms with Crippen LogP contribution in [0.2, 0.25) is 5.02 Å². The van der Waals surface area contributed by atoms with E-state index in [-0.39, 0.29) is 10.8 Å². The first kappa shape index (κ1) is 14.0. The average molecular weight is 293 g/mol. The molecule has 0 unspecified atom stereocenters. The van der Waals surface area contributed by atoms with Gasteiger partial charge >= 0.3 is 6.03 Å². The van der Waals surface area contributed by atoms with E-state index < -0.39 is 6.03 Å². The fourth-order valence-corrected chi connectivity index (χ4v) is 1.85. The predicted octanol–water partition coefficient (Wildman–Crippen LogP) is 3.70. The van der Waals surface area contributed by atoms with Gasteiger partial charge in [0.15, 0.2) is 0 Å². The van der Waals surface area contributed by atoms with Gasteiger partial charge in [-0.1, -0.05) is 23.7 Å². The largest absolute Gasteiger partial charge is 0.508 e. The van der Waals surface area contributed by atoms with Crippen molar-refractivity contribution >= 4 is 29.0 Å². The highest BCUT2D eigenvalue weighted by atomic mass is 35.5. The molecule has 0 aliphatic heterocycles. The van der Waals surface area contributed by atoms with E-state index in [1.807, 2.05) is 0 Å². The Morgan fingerprint density at radius 3 is 2.55 bits per heavy atom. The lowest BCUT2D eigenvalue weighted by Crippen LogP contribution is -2.19. The van der Waals surface area contributed by atoms with Crippen molar-refractivity contribution in [1.82, 2.24) is 0 Å². The summed E-state index contributed by atoms with van der Waals surface area (Å²) in [6, 6.07) is 10.9. The third kappa shape index (κ3) is 3.33. The van der Waals surface area contributed by atoms with Crippen molar-refractivity contribution in [1.29, 1.82) is 0 Å². The van der Waals surface area contributed by atoms with E-state index in [9.17, 15) is 9.90 Å². The number of methoxy groups -OCH3 is 1. The van der Waals surface area contributed by atoms with E-state index >= 15 is 0 Å². The smallest absolute Gasteiger partial charge is 0.323 e. The summed E-state index contributed by atoms with van der Waals surface area (Å²) >= 11 is 5.91. The SMILES string of the molecule is COc1ccccc1NC(=O)Nc1ccc(O)cc1Cl. The van der Waals surface area contributed by atoms with Gasteiger partial charge in [-0.3, -0.25) is 0 Å². The molecule has 0 atom stereocenters.